The van der Waals surface area contributed by atoms with Crippen molar-refractivity contribution >= 4 is 17.6 Å². The number of hydrogen-bond acceptors (Lipinski definition) is 7. The van der Waals surface area contributed by atoms with Gasteiger partial charge in [-0.25, -0.2) is 9.37 Å². The van der Waals surface area contributed by atoms with Crippen molar-refractivity contribution in [3.8, 4) is 5.75 Å². The average Bonchev–Trinajstić information content (AvgIpc) is 3.13. The van der Waals surface area contributed by atoms with Crippen LogP contribution < -0.4 is 5.56 Å². The van der Waals surface area contributed by atoms with Gasteiger partial charge in [0.25, 0.3) is 5.56 Å². The van der Waals surface area contributed by atoms with Crippen LogP contribution in [0.15, 0.2) is 23.0 Å². The molecule has 5 rings (SSSR count). The second kappa shape index (κ2) is 10.0. The molecule has 37 heavy (non-hydrogen) atoms. The van der Waals surface area contributed by atoms with Crippen molar-refractivity contribution in [2.45, 2.75) is 57.7 Å². The van der Waals surface area contributed by atoms with Crippen molar-refractivity contribution in [1.29, 1.82) is 0 Å². The normalized spacial score (nSPS) is 20.2. The highest BCUT2D eigenvalue weighted by molar-refractivity contribution is 6.34. The van der Waals surface area contributed by atoms with Gasteiger partial charge in [0, 0.05) is 27.1 Å². The number of likely N-dealkylation sites (N-methyl/N-ethyl adjacent to an activating group) is 2. The van der Waals surface area contributed by atoms with Crippen LogP contribution in [0, 0.1) is 12.7 Å². The second-order valence-electron chi connectivity index (χ2n) is 9.81. The van der Waals surface area contributed by atoms with Crippen LogP contribution in [0.2, 0.25) is 0 Å². The topological polar surface area (TPSA) is 122 Å². The quantitative estimate of drug-likeness (QED) is 0.458. The summed E-state index contributed by atoms with van der Waals surface area (Å²) in [6.45, 7) is 3.58. The zero-order chi connectivity index (χ0) is 27.1. The number of nitrogens with zero attached hydrogens (tertiary/aromatic N) is 4. The molecule has 1 aromatic carbocycles. The first kappa shape index (κ1) is 26.5. The minimum Gasteiger partial charge on any atom is -0.501 e. The number of halogens is 1. The monoisotopic (exact) mass is 514 g/mol. The number of hydrogen-bond donors (Lipinski definition) is 1. The Hall–Kier alpha value is -3.60. The molecular weight excluding hydrogens is 483 g/mol. The number of Topliss-reactive ketones (excluding diaryl/α,β-unsaturated/α-hetero) is 1. The first-order valence-corrected chi connectivity index (χ1v) is 12.3. The summed E-state index contributed by atoms with van der Waals surface area (Å²) in [7, 11) is 2.95. The number of carbonyl (C=O) groups excluding carboxylic acids is 3. The molecule has 1 N–H and O–H groups in total. The number of aromatic hydroxyl groups is 1. The molecule has 2 amide bonds. The lowest BCUT2D eigenvalue weighted by molar-refractivity contribution is -0.161. The fourth-order valence-electron chi connectivity index (χ4n) is 5.12. The van der Waals surface area contributed by atoms with Crippen molar-refractivity contribution in [3.63, 3.8) is 0 Å². The maximum absolute atomic E-state index is 13.6. The summed E-state index contributed by atoms with van der Waals surface area (Å²) in [4.78, 5) is 59.3. The van der Waals surface area contributed by atoms with E-state index in [4.69, 9.17) is 4.74 Å². The van der Waals surface area contributed by atoms with E-state index in [0.717, 1.165) is 5.56 Å². The van der Waals surface area contributed by atoms with E-state index < -0.39 is 34.4 Å². The molecule has 0 saturated carbocycles. The van der Waals surface area contributed by atoms with Gasteiger partial charge in [-0.3, -0.25) is 23.7 Å². The van der Waals surface area contributed by atoms with Crippen molar-refractivity contribution in [2.75, 3.05) is 27.2 Å². The first-order valence-electron chi connectivity index (χ1n) is 12.3. The van der Waals surface area contributed by atoms with Gasteiger partial charge in [-0.2, -0.15) is 0 Å². The number of carbonyl (C=O) groups is 3. The molecule has 11 heteroatoms. The van der Waals surface area contributed by atoms with Crippen LogP contribution in [0.5, 0.6) is 5.75 Å². The van der Waals surface area contributed by atoms with Crippen molar-refractivity contribution < 1.29 is 28.6 Å². The number of benzene rings is 1. The zero-order valence-electron chi connectivity index (χ0n) is 21.4. The number of amides is 2. The molecule has 0 radical (unpaired) electrons. The zero-order valence-corrected chi connectivity index (χ0v) is 21.4. The van der Waals surface area contributed by atoms with Gasteiger partial charge in [0.05, 0.1) is 19.3 Å². The lowest BCUT2D eigenvalue weighted by Gasteiger charge is -2.44. The molecule has 1 saturated heterocycles. The van der Waals surface area contributed by atoms with Crippen molar-refractivity contribution in [2.24, 2.45) is 0 Å². The molecule has 2 unspecified atom stereocenters. The van der Waals surface area contributed by atoms with E-state index in [1.807, 2.05) is 0 Å². The van der Waals surface area contributed by atoms with Crippen LogP contribution in [-0.4, -0.2) is 75.4 Å². The van der Waals surface area contributed by atoms with E-state index in [1.165, 1.54) is 34.5 Å². The van der Waals surface area contributed by atoms with Crippen LogP contribution >= 0.6 is 0 Å². The Morgan fingerprint density at radius 2 is 2.00 bits per heavy atom. The third-order valence-electron chi connectivity index (χ3n) is 7.18. The molecule has 3 aliphatic rings. The number of aromatic nitrogens is 2. The standard InChI is InChI=1S/C26H31FN4O6/c1-5-31(24(36)23(35)29(3)4)26-11-10-17(37-14-26)13-30-22(34)21(33)20(28-25(26)30)19(32)9-7-16-6-8-18(27)15(2)12-16/h6,8,12,17,33H,5,7,9-11,13-14H2,1-4H3. The highest BCUT2D eigenvalue weighted by atomic mass is 19.1. The minimum absolute atomic E-state index is 0.00232. The molecule has 1 aromatic heterocycles. The van der Waals surface area contributed by atoms with Gasteiger partial charge in [0.2, 0.25) is 5.75 Å². The SMILES string of the molecule is CCN(C(=O)C(=O)N(C)C)C12CCC(Cn3c1nc(C(=O)CCc1ccc(F)c(C)c1)c(O)c3=O)OC2. The summed E-state index contributed by atoms with van der Waals surface area (Å²) in [6, 6.07) is 4.54. The summed E-state index contributed by atoms with van der Waals surface area (Å²) >= 11 is 0. The van der Waals surface area contributed by atoms with E-state index in [-0.39, 0.29) is 56.0 Å². The fourth-order valence-corrected chi connectivity index (χ4v) is 5.12. The number of ether oxygens (including phenoxy) is 1. The maximum atomic E-state index is 13.6. The molecule has 2 bridgehead atoms. The molecule has 198 valence electrons. The Balaban J connectivity index is 1.76. The van der Waals surface area contributed by atoms with E-state index in [0.29, 0.717) is 18.4 Å². The van der Waals surface area contributed by atoms with Gasteiger partial charge in [0.15, 0.2) is 11.5 Å². The summed E-state index contributed by atoms with van der Waals surface area (Å²) in [6.07, 6.45) is 0.715. The van der Waals surface area contributed by atoms with E-state index >= 15 is 0 Å². The highest BCUT2D eigenvalue weighted by Crippen LogP contribution is 2.41. The Morgan fingerprint density at radius 3 is 2.59 bits per heavy atom. The first-order chi connectivity index (χ1) is 17.5. The van der Waals surface area contributed by atoms with Crippen LogP contribution in [0.4, 0.5) is 4.39 Å². The van der Waals surface area contributed by atoms with Crippen LogP contribution in [0.3, 0.4) is 0 Å². The molecule has 0 aliphatic carbocycles. The minimum atomic E-state index is -1.26. The number of rotatable bonds is 6. The van der Waals surface area contributed by atoms with Gasteiger partial charge in [-0.15, -0.1) is 0 Å². The highest BCUT2D eigenvalue weighted by Gasteiger charge is 2.52. The molecule has 1 fully saturated rings. The maximum Gasteiger partial charge on any atom is 0.312 e. The summed E-state index contributed by atoms with van der Waals surface area (Å²) in [5, 5.41) is 10.7. The lowest BCUT2D eigenvalue weighted by atomic mass is 9.87. The van der Waals surface area contributed by atoms with Crippen molar-refractivity contribution in [3.05, 3.63) is 57.0 Å². The largest absolute Gasteiger partial charge is 0.501 e. The predicted octanol–water partition coefficient (Wildman–Crippen LogP) is 1.54. The Morgan fingerprint density at radius 1 is 1.27 bits per heavy atom. The van der Waals surface area contributed by atoms with Gasteiger partial charge in [-0.05, 0) is 50.3 Å². The van der Waals surface area contributed by atoms with Gasteiger partial charge < -0.3 is 19.6 Å². The van der Waals surface area contributed by atoms with Crippen LogP contribution in [0.25, 0.3) is 0 Å². The van der Waals surface area contributed by atoms with Crippen LogP contribution in [-0.2, 0) is 32.8 Å². The third kappa shape index (κ3) is 4.63. The number of fused-ring (bicyclic) bond motifs is 2. The van der Waals surface area contributed by atoms with E-state index in [2.05, 4.69) is 4.98 Å². The number of ketones is 1. The predicted molar refractivity (Wildman–Crippen MR) is 131 cm³/mol. The molecule has 10 nitrogen and oxygen atoms in total. The molecular formula is C26H31FN4O6. The molecule has 4 heterocycles. The average molecular weight is 515 g/mol. The van der Waals surface area contributed by atoms with Gasteiger partial charge >= 0.3 is 11.8 Å². The molecule has 0 spiro atoms. The number of aryl methyl sites for hydroxylation is 2. The Labute approximate surface area is 213 Å². The third-order valence-corrected chi connectivity index (χ3v) is 7.18. The van der Waals surface area contributed by atoms with E-state index in [9.17, 15) is 28.7 Å². The Bertz CT molecular complexity index is 1310. The smallest absolute Gasteiger partial charge is 0.312 e. The summed E-state index contributed by atoms with van der Waals surface area (Å²) in [5.41, 5.74) is -1.27. The van der Waals surface area contributed by atoms with Crippen molar-refractivity contribution in [1.82, 2.24) is 19.4 Å². The molecule has 3 aliphatic heterocycles. The van der Waals surface area contributed by atoms with E-state index in [1.54, 1.807) is 26.0 Å². The fraction of sp³-hybridized carbons (Fsp3) is 0.500. The summed E-state index contributed by atoms with van der Waals surface area (Å²) < 4.78 is 20.8. The second-order valence-corrected chi connectivity index (χ2v) is 9.81. The molecule has 2 aromatic rings. The van der Waals surface area contributed by atoms with Gasteiger partial charge in [0.1, 0.15) is 17.2 Å². The molecule has 2 atom stereocenters. The van der Waals surface area contributed by atoms with Gasteiger partial charge in [-0.1, -0.05) is 12.1 Å². The summed E-state index contributed by atoms with van der Waals surface area (Å²) in [5.74, 6) is -3.06. The Kier molecular flexibility index (Phi) is 7.18. The lowest BCUT2D eigenvalue weighted by Crippen LogP contribution is -2.58. The van der Waals surface area contributed by atoms with Crippen LogP contribution in [0.1, 0.15) is 53.6 Å².